The summed E-state index contributed by atoms with van der Waals surface area (Å²) >= 11 is 2.61. The molecule has 34 heavy (non-hydrogen) atoms. The van der Waals surface area contributed by atoms with Gasteiger partial charge in [-0.1, -0.05) is 35.6 Å². The summed E-state index contributed by atoms with van der Waals surface area (Å²) in [4.78, 5) is 42.2. The van der Waals surface area contributed by atoms with Gasteiger partial charge in [0.2, 0.25) is 11.8 Å². The van der Waals surface area contributed by atoms with E-state index in [9.17, 15) is 14.4 Å². The second kappa shape index (κ2) is 9.86. The van der Waals surface area contributed by atoms with Crippen molar-refractivity contribution in [3.63, 3.8) is 0 Å². The van der Waals surface area contributed by atoms with Crippen molar-refractivity contribution in [2.24, 2.45) is 7.05 Å². The highest BCUT2D eigenvalue weighted by molar-refractivity contribution is 8.00. The van der Waals surface area contributed by atoms with Crippen LogP contribution in [0.15, 0.2) is 47.3 Å². The summed E-state index contributed by atoms with van der Waals surface area (Å²) in [6.45, 7) is 5.80. The van der Waals surface area contributed by atoms with Crippen LogP contribution in [0, 0.1) is 20.8 Å². The molecular weight excluding hydrogens is 470 g/mol. The van der Waals surface area contributed by atoms with Crippen LogP contribution in [0.5, 0.6) is 0 Å². The number of carbonyl (C=O) groups is 2. The van der Waals surface area contributed by atoms with Crippen LogP contribution in [0.2, 0.25) is 0 Å². The Morgan fingerprint density at radius 1 is 1.03 bits per heavy atom. The van der Waals surface area contributed by atoms with Crippen LogP contribution in [-0.4, -0.2) is 37.7 Å². The molecule has 176 valence electrons. The number of amides is 2. The minimum atomic E-state index is -0.338. The second-order valence-electron chi connectivity index (χ2n) is 7.97. The third-order valence-corrected chi connectivity index (χ3v) is 7.21. The van der Waals surface area contributed by atoms with E-state index in [4.69, 9.17) is 0 Å². The van der Waals surface area contributed by atoms with E-state index in [-0.39, 0.29) is 34.6 Å². The summed E-state index contributed by atoms with van der Waals surface area (Å²) in [6, 6.07) is 13.3. The normalized spacial score (nSPS) is 11.1. The maximum absolute atomic E-state index is 12.9. The Hall–Kier alpha value is -3.37. The molecule has 0 aliphatic heterocycles. The molecule has 0 aliphatic rings. The zero-order valence-corrected chi connectivity index (χ0v) is 21.0. The van der Waals surface area contributed by atoms with Gasteiger partial charge in [-0.2, -0.15) is 0 Å². The van der Waals surface area contributed by atoms with E-state index >= 15 is 0 Å². The first kappa shape index (κ1) is 23.8. The molecule has 2 heterocycles. The van der Waals surface area contributed by atoms with Crippen molar-refractivity contribution < 1.29 is 9.59 Å². The number of thioether (sulfide) groups is 1. The van der Waals surface area contributed by atoms with Crippen molar-refractivity contribution >= 4 is 55.9 Å². The van der Waals surface area contributed by atoms with E-state index < -0.39 is 0 Å². The highest BCUT2D eigenvalue weighted by Gasteiger charge is 2.18. The molecule has 2 N–H and O–H groups in total. The topological polar surface area (TPSA) is 98.0 Å². The number of anilines is 2. The minimum Gasteiger partial charge on any atom is -0.319 e. The Morgan fingerprint density at radius 2 is 1.71 bits per heavy atom. The van der Waals surface area contributed by atoms with Crippen molar-refractivity contribution in [3.05, 3.63) is 69.6 Å². The van der Waals surface area contributed by atoms with E-state index in [1.807, 2.05) is 50.2 Å². The van der Waals surface area contributed by atoms with Crippen LogP contribution in [0.3, 0.4) is 0 Å². The number of nitrogens with zero attached hydrogens (tertiary/aromatic N) is 3. The monoisotopic (exact) mass is 495 g/mol. The second-order valence-corrected chi connectivity index (χ2v) is 9.99. The lowest BCUT2D eigenvalue weighted by Crippen LogP contribution is -2.24. The Morgan fingerprint density at radius 3 is 2.41 bits per heavy atom. The molecule has 2 aromatic heterocycles. The molecule has 0 fully saturated rings. The van der Waals surface area contributed by atoms with Gasteiger partial charge in [0, 0.05) is 7.05 Å². The molecule has 0 saturated heterocycles. The van der Waals surface area contributed by atoms with Gasteiger partial charge < -0.3 is 10.6 Å². The molecule has 2 amide bonds. The molecule has 0 saturated carbocycles. The number of fused-ring (bicyclic) bond motifs is 1. The lowest BCUT2D eigenvalue weighted by molar-refractivity contribution is -0.114. The van der Waals surface area contributed by atoms with E-state index in [0.29, 0.717) is 16.5 Å². The fourth-order valence-corrected chi connectivity index (χ4v) is 5.38. The molecule has 0 radical (unpaired) electrons. The Labute approximate surface area is 205 Å². The molecule has 0 spiro atoms. The fraction of sp³-hybridized carbons (Fsp3) is 0.250. The zero-order valence-electron chi connectivity index (χ0n) is 19.3. The molecule has 4 rings (SSSR count). The number of aryl methyl sites for hydroxylation is 2. The quantitative estimate of drug-likeness (QED) is 0.404. The van der Waals surface area contributed by atoms with Crippen LogP contribution in [-0.2, 0) is 16.6 Å². The zero-order chi connectivity index (χ0) is 24.4. The summed E-state index contributed by atoms with van der Waals surface area (Å²) in [7, 11) is 1.77. The summed E-state index contributed by atoms with van der Waals surface area (Å²) in [5.74, 6) is -0.419. The Kier molecular flexibility index (Phi) is 6.90. The third-order valence-electron chi connectivity index (χ3n) is 5.36. The first-order valence-electron chi connectivity index (χ1n) is 10.6. The average Bonchev–Trinajstić information content (AvgIpc) is 3.28. The van der Waals surface area contributed by atoms with Crippen molar-refractivity contribution in [1.29, 1.82) is 0 Å². The number of carbonyl (C=O) groups excluding carboxylic acids is 2. The molecule has 2 aromatic carbocycles. The van der Waals surface area contributed by atoms with Crippen molar-refractivity contribution in [3.8, 4) is 5.69 Å². The maximum Gasteiger partial charge on any atom is 0.295 e. The van der Waals surface area contributed by atoms with Gasteiger partial charge in [-0.15, -0.1) is 11.8 Å². The van der Waals surface area contributed by atoms with Crippen LogP contribution in [0.4, 0.5) is 10.8 Å². The molecule has 10 heteroatoms. The van der Waals surface area contributed by atoms with Crippen LogP contribution >= 0.6 is 23.1 Å². The third kappa shape index (κ3) is 4.92. The highest BCUT2D eigenvalue weighted by atomic mass is 32.2. The minimum absolute atomic E-state index is 0.0463. The van der Waals surface area contributed by atoms with Crippen molar-refractivity contribution in [1.82, 2.24) is 14.3 Å². The summed E-state index contributed by atoms with van der Waals surface area (Å²) in [5, 5.41) is 6.06. The van der Waals surface area contributed by atoms with Gasteiger partial charge in [0.05, 0.1) is 33.1 Å². The van der Waals surface area contributed by atoms with Crippen molar-refractivity contribution in [2.45, 2.75) is 20.8 Å². The van der Waals surface area contributed by atoms with Crippen LogP contribution < -0.4 is 16.2 Å². The molecule has 8 nitrogen and oxygen atoms in total. The SMILES string of the molecule is Cc1cc(C)c2nc(NC(=O)CSCC(=O)Nc3c(C)n(C)n(-c4ccccc4)c3=O)sc2c1. The van der Waals surface area contributed by atoms with E-state index in [1.165, 1.54) is 27.8 Å². The first-order chi connectivity index (χ1) is 16.2. The number of benzene rings is 2. The molecule has 4 aromatic rings. The van der Waals surface area contributed by atoms with Gasteiger partial charge in [-0.3, -0.25) is 19.1 Å². The van der Waals surface area contributed by atoms with E-state index in [2.05, 4.69) is 21.7 Å². The van der Waals surface area contributed by atoms with Gasteiger partial charge in [-0.05, 0) is 50.1 Å². The van der Waals surface area contributed by atoms with Gasteiger partial charge in [0.1, 0.15) is 5.69 Å². The Balaban J connectivity index is 1.34. The number of hydrogen-bond donors (Lipinski definition) is 2. The van der Waals surface area contributed by atoms with Crippen molar-refractivity contribution in [2.75, 3.05) is 22.1 Å². The van der Waals surface area contributed by atoms with Crippen LogP contribution in [0.25, 0.3) is 15.9 Å². The predicted octanol–water partition coefficient (Wildman–Crippen LogP) is 4.02. The first-order valence-corrected chi connectivity index (χ1v) is 12.6. The van der Waals surface area contributed by atoms with E-state index in [0.717, 1.165) is 21.3 Å². The number of aromatic nitrogens is 3. The number of nitrogens with one attached hydrogen (secondary N) is 2. The number of para-hydroxylation sites is 1. The lowest BCUT2D eigenvalue weighted by atomic mass is 10.1. The van der Waals surface area contributed by atoms with Gasteiger partial charge >= 0.3 is 0 Å². The Bertz CT molecular complexity index is 1440. The predicted molar refractivity (Wildman–Crippen MR) is 139 cm³/mol. The largest absolute Gasteiger partial charge is 0.319 e. The molecule has 0 aliphatic carbocycles. The summed E-state index contributed by atoms with van der Waals surface area (Å²) < 4.78 is 4.24. The van der Waals surface area contributed by atoms with Gasteiger partial charge in [-0.25, -0.2) is 9.67 Å². The smallest absolute Gasteiger partial charge is 0.295 e. The lowest BCUT2D eigenvalue weighted by Gasteiger charge is -2.07. The number of hydrogen-bond acceptors (Lipinski definition) is 6. The summed E-state index contributed by atoms with van der Waals surface area (Å²) in [5.41, 5.74) is 4.40. The fourth-order valence-electron chi connectivity index (χ4n) is 3.70. The number of thiazole rings is 1. The van der Waals surface area contributed by atoms with Gasteiger partial charge in [0.15, 0.2) is 5.13 Å². The van der Waals surface area contributed by atoms with E-state index in [1.54, 1.807) is 18.7 Å². The molecule has 0 bridgehead atoms. The molecular formula is C24H25N5O3S2. The van der Waals surface area contributed by atoms with Crippen LogP contribution in [0.1, 0.15) is 16.8 Å². The average molecular weight is 496 g/mol. The summed E-state index contributed by atoms with van der Waals surface area (Å²) in [6.07, 6.45) is 0. The van der Waals surface area contributed by atoms with Gasteiger partial charge in [0.25, 0.3) is 5.56 Å². The molecule has 0 atom stereocenters. The molecule has 0 unspecified atom stereocenters. The standard InChI is InChI=1S/C24H25N5O3S2/c1-14-10-15(2)21-18(11-14)34-24(27-21)26-20(31)13-33-12-19(30)25-22-16(3)28(4)29(23(22)32)17-8-6-5-7-9-17/h5-11H,12-13H2,1-4H3,(H,25,30)(H,26,27,31). The number of rotatable bonds is 7. The maximum atomic E-state index is 12.9. The highest BCUT2D eigenvalue weighted by Crippen LogP contribution is 2.29.